The maximum atomic E-state index is 12.8. The smallest absolute Gasteiger partial charge is 0.321 e. The van der Waals surface area contributed by atoms with Gasteiger partial charge in [-0.3, -0.25) is 4.79 Å². The molecular formula is C22H27N3O3. The number of nitrogens with one attached hydrogen (secondary N) is 1. The number of carbonyl (C=O) groups is 2. The summed E-state index contributed by atoms with van der Waals surface area (Å²) in [6, 6.07) is 18.8. The number of carbonyl (C=O) groups excluding carboxylic acids is 2. The fourth-order valence-corrected chi connectivity index (χ4v) is 3.33. The Kier molecular flexibility index (Phi) is 6.89. The van der Waals surface area contributed by atoms with Crippen LogP contribution in [0, 0.1) is 5.92 Å². The Balaban J connectivity index is 1.47. The summed E-state index contributed by atoms with van der Waals surface area (Å²) in [6.45, 7) is 2.07. The number of hydrogen-bond donors (Lipinski definition) is 1. The lowest BCUT2D eigenvalue weighted by Crippen LogP contribution is -2.47. The molecule has 6 nitrogen and oxygen atoms in total. The summed E-state index contributed by atoms with van der Waals surface area (Å²) in [7, 11) is 1.79. The Morgan fingerprint density at radius 1 is 1.11 bits per heavy atom. The minimum absolute atomic E-state index is 0.0638. The van der Waals surface area contributed by atoms with E-state index in [4.69, 9.17) is 4.74 Å². The highest BCUT2D eigenvalue weighted by atomic mass is 16.5. The van der Waals surface area contributed by atoms with E-state index in [1.54, 1.807) is 16.8 Å². The maximum Gasteiger partial charge on any atom is 0.321 e. The summed E-state index contributed by atoms with van der Waals surface area (Å²) >= 11 is 0. The van der Waals surface area contributed by atoms with Gasteiger partial charge >= 0.3 is 6.03 Å². The van der Waals surface area contributed by atoms with Gasteiger partial charge in [0.25, 0.3) is 0 Å². The monoisotopic (exact) mass is 381 g/mol. The second kappa shape index (κ2) is 9.78. The number of benzene rings is 2. The van der Waals surface area contributed by atoms with E-state index in [-0.39, 0.29) is 17.9 Å². The first-order valence-corrected chi connectivity index (χ1v) is 9.67. The van der Waals surface area contributed by atoms with E-state index in [1.165, 1.54) is 0 Å². The Bertz CT molecular complexity index is 767. The molecule has 1 atom stereocenters. The average Bonchev–Trinajstić information content (AvgIpc) is 2.74. The van der Waals surface area contributed by atoms with Gasteiger partial charge in [-0.25, -0.2) is 4.79 Å². The van der Waals surface area contributed by atoms with Crippen molar-refractivity contribution in [2.24, 2.45) is 5.92 Å². The molecule has 0 spiro atoms. The molecule has 3 rings (SSSR count). The van der Waals surface area contributed by atoms with Gasteiger partial charge in [0.1, 0.15) is 12.4 Å². The molecule has 1 unspecified atom stereocenters. The van der Waals surface area contributed by atoms with Crippen molar-refractivity contribution < 1.29 is 14.3 Å². The van der Waals surface area contributed by atoms with Gasteiger partial charge in [-0.1, -0.05) is 36.4 Å². The fourth-order valence-electron chi connectivity index (χ4n) is 3.33. The lowest BCUT2D eigenvalue weighted by Gasteiger charge is -2.34. The minimum Gasteiger partial charge on any atom is -0.492 e. The van der Waals surface area contributed by atoms with Gasteiger partial charge in [0, 0.05) is 25.8 Å². The number of amides is 3. The Labute approximate surface area is 166 Å². The summed E-state index contributed by atoms with van der Waals surface area (Å²) in [5.74, 6) is 0.690. The third-order valence-corrected chi connectivity index (χ3v) is 4.90. The molecule has 148 valence electrons. The van der Waals surface area contributed by atoms with Crippen molar-refractivity contribution >= 4 is 17.6 Å². The third-order valence-electron chi connectivity index (χ3n) is 4.90. The van der Waals surface area contributed by atoms with E-state index in [0.717, 1.165) is 24.3 Å². The summed E-state index contributed by atoms with van der Waals surface area (Å²) in [5, 5.41) is 2.89. The molecule has 28 heavy (non-hydrogen) atoms. The Morgan fingerprint density at radius 3 is 2.50 bits per heavy atom. The zero-order chi connectivity index (χ0) is 19.8. The van der Waals surface area contributed by atoms with E-state index >= 15 is 0 Å². The minimum atomic E-state index is -0.169. The quantitative estimate of drug-likeness (QED) is 0.833. The molecule has 0 bridgehead atoms. The second-order valence-electron chi connectivity index (χ2n) is 7.00. The molecule has 1 fully saturated rings. The zero-order valence-electron chi connectivity index (χ0n) is 16.2. The zero-order valence-corrected chi connectivity index (χ0v) is 16.2. The predicted octanol–water partition coefficient (Wildman–Crippen LogP) is 3.47. The van der Waals surface area contributed by atoms with E-state index < -0.39 is 0 Å². The van der Waals surface area contributed by atoms with Crippen LogP contribution in [-0.4, -0.2) is 55.0 Å². The largest absolute Gasteiger partial charge is 0.492 e. The molecule has 1 heterocycles. The van der Waals surface area contributed by atoms with Crippen LogP contribution < -0.4 is 10.1 Å². The van der Waals surface area contributed by atoms with Crippen molar-refractivity contribution in [3.8, 4) is 5.75 Å². The number of piperidine rings is 1. The van der Waals surface area contributed by atoms with E-state index in [9.17, 15) is 9.59 Å². The molecule has 1 aliphatic heterocycles. The van der Waals surface area contributed by atoms with Crippen LogP contribution in [0.2, 0.25) is 0 Å². The highest BCUT2D eigenvalue weighted by Crippen LogP contribution is 2.20. The van der Waals surface area contributed by atoms with Crippen LogP contribution in [0.3, 0.4) is 0 Å². The summed E-state index contributed by atoms with van der Waals surface area (Å²) in [4.78, 5) is 28.7. The Morgan fingerprint density at radius 2 is 1.79 bits per heavy atom. The van der Waals surface area contributed by atoms with Crippen molar-refractivity contribution in [2.75, 3.05) is 38.6 Å². The van der Waals surface area contributed by atoms with Crippen LogP contribution in [0.15, 0.2) is 60.7 Å². The SMILES string of the molecule is CN(CCOc1ccccc1)C(=O)C1CCCN(C(=O)Nc2ccccc2)C1. The van der Waals surface area contributed by atoms with E-state index in [2.05, 4.69) is 5.32 Å². The van der Waals surface area contributed by atoms with Crippen molar-refractivity contribution in [2.45, 2.75) is 12.8 Å². The van der Waals surface area contributed by atoms with Gasteiger partial charge in [-0.2, -0.15) is 0 Å². The summed E-state index contributed by atoms with van der Waals surface area (Å²) < 4.78 is 5.67. The van der Waals surface area contributed by atoms with Crippen molar-refractivity contribution in [3.05, 3.63) is 60.7 Å². The normalized spacial score (nSPS) is 16.3. The molecule has 1 N–H and O–H groups in total. The van der Waals surface area contributed by atoms with Crippen LogP contribution in [0.25, 0.3) is 0 Å². The van der Waals surface area contributed by atoms with Crippen LogP contribution >= 0.6 is 0 Å². The molecule has 1 saturated heterocycles. The number of hydrogen-bond acceptors (Lipinski definition) is 3. The lowest BCUT2D eigenvalue weighted by molar-refractivity contribution is -0.135. The highest BCUT2D eigenvalue weighted by Gasteiger charge is 2.30. The van der Waals surface area contributed by atoms with E-state index in [1.807, 2.05) is 60.7 Å². The molecule has 0 aliphatic carbocycles. The van der Waals surface area contributed by atoms with Gasteiger partial charge in [0.2, 0.25) is 5.91 Å². The molecule has 0 saturated carbocycles. The first-order chi connectivity index (χ1) is 13.6. The lowest BCUT2D eigenvalue weighted by atomic mass is 9.97. The number of ether oxygens (including phenoxy) is 1. The van der Waals surface area contributed by atoms with Crippen LogP contribution in [-0.2, 0) is 4.79 Å². The third kappa shape index (κ3) is 5.49. The van der Waals surface area contributed by atoms with E-state index in [0.29, 0.717) is 26.2 Å². The molecule has 2 aromatic carbocycles. The van der Waals surface area contributed by atoms with Crippen molar-refractivity contribution in [1.82, 2.24) is 9.80 Å². The molecule has 2 aromatic rings. The number of likely N-dealkylation sites (N-methyl/N-ethyl adjacent to an activating group) is 1. The predicted molar refractivity (Wildman–Crippen MR) is 109 cm³/mol. The Hall–Kier alpha value is -3.02. The number of nitrogens with zero attached hydrogens (tertiary/aromatic N) is 2. The molecule has 1 aliphatic rings. The number of anilines is 1. The standard InChI is InChI=1S/C22H27N3O3/c1-24(15-16-28-20-12-6-3-7-13-20)21(26)18-9-8-14-25(17-18)22(27)23-19-10-4-2-5-11-19/h2-7,10-13,18H,8-9,14-17H2,1H3,(H,23,27). The van der Waals surface area contributed by atoms with Crippen LogP contribution in [0.4, 0.5) is 10.5 Å². The number of likely N-dealkylation sites (tertiary alicyclic amines) is 1. The fraction of sp³-hybridized carbons (Fsp3) is 0.364. The summed E-state index contributed by atoms with van der Waals surface area (Å²) in [5.41, 5.74) is 0.760. The highest BCUT2D eigenvalue weighted by molar-refractivity contribution is 5.90. The second-order valence-corrected chi connectivity index (χ2v) is 7.00. The molecule has 0 aromatic heterocycles. The van der Waals surface area contributed by atoms with Crippen molar-refractivity contribution in [1.29, 1.82) is 0 Å². The number of rotatable bonds is 6. The summed E-state index contributed by atoms with van der Waals surface area (Å²) in [6.07, 6.45) is 1.63. The molecule has 0 radical (unpaired) electrons. The first-order valence-electron chi connectivity index (χ1n) is 9.67. The van der Waals surface area contributed by atoms with Crippen LogP contribution in [0.1, 0.15) is 12.8 Å². The van der Waals surface area contributed by atoms with Gasteiger partial charge in [-0.05, 0) is 37.1 Å². The van der Waals surface area contributed by atoms with Gasteiger partial charge < -0.3 is 19.9 Å². The maximum absolute atomic E-state index is 12.8. The topological polar surface area (TPSA) is 61.9 Å². The molecule has 6 heteroatoms. The number of para-hydroxylation sites is 2. The van der Waals surface area contributed by atoms with Crippen molar-refractivity contribution in [3.63, 3.8) is 0 Å². The average molecular weight is 381 g/mol. The first kappa shape index (κ1) is 19.7. The van der Waals surface area contributed by atoms with Gasteiger partial charge in [0.05, 0.1) is 12.5 Å². The van der Waals surface area contributed by atoms with Gasteiger partial charge in [0.15, 0.2) is 0 Å². The molecular weight excluding hydrogens is 354 g/mol. The van der Waals surface area contributed by atoms with Crippen LogP contribution in [0.5, 0.6) is 5.75 Å². The molecule has 3 amide bonds. The number of urea groups is 1. The van der Waals surface area contributed by atoms with Gasteiger partial charge in [-0.15, -0.1) is 0 Å².